The van der Waals surface area contributed by atoms with Crippen molar-refractivity contribution in [2.24, 2.45) is 11.3 Å². The maximum atomic E-state index is 12.5. The monoisotopic (exact) mass is 327 g/mol. The van der Waals surface area contributed by atoms with Crippen molar-refractivity contribution in [1.29, 1.82) is 0 Å². The van der Waals surface area contributed by atoms with Crippen LogP contribution in [0.15, 0.2) is 0 Å². The number of hydrazine groups is 1. The molecule has 7 nitrogen and oxygen atoms in total. The molecule has 0 radical (unpaired) electrons. The van der Waals surface area contributed by atoms with Crippen LogP contribution in [0.1, 0.15) is 52.9 Å². The highest BCUT2D eigenvalue weighted by atomic mass is 16.5. The molecule has 1 aliphatic heterocycles. The third kappa shape index (κ3) is 5.28. The number of nitrogens with zero attached hydrogens (tertiary/aromatic N) is 1. The van der Waals surface area contributed by atoms with Crippen molar-refractivity contribution in [2.45, 2.75) is 58.9 Å². The second-order valence-electron chi connectivity index (χ2n) is 6.55. The molecule has 1 heterocycles. The van der Waals surface area contributed by atoms with Crippen molar-refractivity contribution in [3.63, 3.8) is 0 Å². The summed E-state index contributed by atoms with van der Waals surface area (Å²) < 4.78 is 5.22. The Balaban J connectivity index is 2.72. The molecule has 0 bridgehead atoms. The Morgan fingerprint density at radius 3 is 2.61 bits per heavy atom. The summed E-state index contributed by atoms with van der Waals surface area (Å²) in [5, 5.41) is 0. The highest BCUT2D eigenvalue weighted by Crippen LogP contribution is 2.25. The van der Waals surface area contributed by atoms with Crippen LogP contribution in [0.3, 0.4) is 0 Å². The fraction of sp³-hybridized carbons (Fsp3) is 0.812. The van der Waals surface area contributed by atoms with E-state index < -0.39 is 29.1 Å². The Bertz CT molecular complexity index is 437. The number of ketones is 1. The number of ether oxygens (including phenoxy) is 1. The van der Waals surface area contributed by atoms with Crippen LogP contribution in [-0.2, 0) is 19.1 Å². The standard InChI is InChI=1S/C16H29N3O4/c1-4-16(2,3)13(20)14(21)19-10-6-5-8-12(19)15(22)23-11-7-9-18-17/h12,18H,4-11,17H2,1-3H3. The molecule has 0 aromatic rings. The average molecular weight is 327 g/mol. The second kappa shape index (κ2) is 8.98. The molecule has 0 saturated carbocycles. The molecule has 132 valence electrons. The van der Waals surface area contributed by atoms with Crippen LogP contribution >= 0.6 is 0 Å². The number of hydrogen-bond donors (Lipinski definition) is 2. The van der Waals surface area contributed by atoms with Crippen LogP contribution in [0.2, 0.25) is 0 Å². The van der Waals surface area contributed by atoms with Gasteiger partial charge in [0, 0.05) is 18.5 Å². The molecule has 0 spiro atoms. The number of likely N-dealkylation sites (tertiary alicyclic amines) is 1. The fourth-order valence-electron chi connectivity index (χ4n) is 2.44. The van der Waals surface area contributed by atoms with Gasteiger partial charge in [0.2, 0.25) is 5.78 Å². The van der Waals surface area contributed by atoms with E-state index in [2.05, 4.69) is 5.43 Å². The number of Topliss-reactive ketones (excluding diaryl/α,β-unsaturated/α-hetero) is 1. The van der Waals surface area contributed by atoms with Gasteiger partial charge in [0.05, 0.1) is 6.61 Å². The van der Waals surface area contributed by atoms with Crippen molar-refractivity contribution >= 4 is 17.7 Å². The third-order valence-corrected chi connectivity index (χ3v) is 4.44. The molecule has 7 heteroatoms. The predicted molar refractivity (Wildman–Crippen MR) is 86.2 cm³/mol. The summed E-state index contributed by atoms with van der Waals surface area (Å²) in [5.41, 5.74) is 1.77. The Hall–Kier alpha value is -1.47. The zero-order valence-corrected chi connectivity index (χ0v) is 14.4. The molecule has 0 aliphatic carbocycles. The normalized spacial score (nSPS) is 18.6. The first-order valence-corrected chi connectivity index (χ1v) is 8.30. The molecule has 0 aromatic carbocycles. The SMILES string of the molecule is CCC(C)(C)C(=O)C(=O)N1CCCCC1C(=O)OCCCNN. The van der Waals surface area contributed by atoms with E-state index in [-0.39, 0.29) is 6.61 Å². The molecular weight excluding hydrogens is 298 g/mol. The van der Waals surface area contributed by atoms with E-state index in [1.807, 2.05) is 6.92 Å². The summed E-state index contributed by atoms with van der Waals surface area (Å²) in [7, 11) is 0. The molecule has 1 aliphatic rings. The lowest BCUT2D eigenvalue weighted by atomic mass is 9.84. The van der Waals surface area contributed by atoms with Gasteiger partial charge >= 0.3 is 5.97 Å². The predicted octanol–water partition coefficient (Wildman–Crippen LogP) is 0.769. The topological polar surface area (TPSA) is 102 Å². The number of piperidine rings is 1. The molecule has 1 amide bonds. The molecule has 1 rings (SSSR count). The van der Waals surface area contributed by atoms with E-state index in [4.69, 9.17) is 10.6 Å². The van der Waals surface area contributed by atoms with Crippen molar-refractivity contribution in [2.75, 3.05) is 19.7 Å². The first kappa shape index (κ1) is 19.6. The van der Waals surface area contributed by atoms with Crippen LogP contribution in [0.5, 0.6) is 0 Å². The van der Waals surface area contributed by atoms with Gasteiger partial charge in [-0.25, -0.2) is 4.79 Å². The minimum absolute atomic E-state index is 0.246. The van der Waals surface area contributed by atoms with E-state index in [0.717, 1.165) is 12.8 Å². The molecule has 3 N–H and O–H groups in total. The van der Waals surface area contributed by atoms with E-state index in [1.165, 1.54) is 4.90 Å². The smallest absolute Gasteiger partial charge is 0.328 e. The van der Waals surface area contributed by atoms with E-state index in [9.17, 15) is 14.4 Å². The number of carbonyl (C=O) groups excluding carboxylic acids is 3. The molecule has 1 unspecified atom stereocenters. The lowest BCUT2D eigenvalue weighted by Gasteiger charge is -2.35. The molecule has 0 aromatic heterocycles. The van der Waals surface area contributed by atoms with Crippen LogP contribution in [0, 0.1) is 5.41 Å². The summed E-state index contributed by atoms with van der Waals surface area (Å²) >= 11 is 0. The van der Waals surface area contributed by atoms with E-state index in [0.29, 0.717) is 32.4 Å². The highest BCUT2D eigenvalue weighted by Gasteiger charge is 2.40. The number of amides is 1. The van der Waals surface area contributed by atoms with Gasteiger partial charge in [-0.2, -0.15) is 0 Å². The van der Waals surface area contributed by atoms with Gasteiger partial charge in [-0.3, -0.25) is 20.9 Å². The number of rotatable bonds is 8. The second-order valence-corrected chi connectivity index (χ2v) is 6.55. The van der Waals surface area contributed by atoms with Gasteiger partial charge in [0.25, 0.3) is 5.91 Å². The Morgan fingerprint density at radius 1 is 1.30 bits per heavy atom. The summed E-state index contributed by atoms with van der Waals surface area (Å²) in [6.07, 6.45) is 3.36. The number of carbonyl (C=O) groups is 3. The quantitative estimate of drug-likeness (QED) is 0.224. The van der Waals surface area contributed by atoms with Crippen molar-refractivity contribution in [3.8, 4) is 0 Å². The van der Waals surface area contributed by atoms with Gasteiger partial charge in [-0.05, 0) is 32.1 Å². The molecule has 23 heavy (non-hydrogen) atoms. The lowest BCUT2D eigenvalue weighted by Crippen LogP contribution is -2.53. The van der Waals surface area contributed by atoms with Crippen molar-refractivity contribution in [3.05, 3.63) is 0 Å². The molecule has 1 saturated heterocycles. The minimum atomic E-state index is -0.713. The van der Waals surface area contributed by atoms with Crippen molar-refractivity contribution < 1.29 is 19.1 Å². The zero-order valence-electron chi connectivity index (χ0n) is 14.4. The van der Waals surface area contributed by atoms with Gasteiger partial charge < -0.3 is 9.64 Å². The lowest BCUT2D eigenvalue weighted by molar-refractivity contribution is -0.161. The third-order valence-electron chi connectivity index (χ3n) is 4.44. The molecular formula is C16H29N3O4. The zero-order chi connectivity index (χ0) is 17.5. The van der Waals surface area contributed by atoms with Gasteiger partial charge in [-0.1, -0.05) is 20.8 Å². The van der Waals surface area contributed by atoms with Crippen LogP contribution in [0.4, 0.5) is 0 Å². The minimum Gasteiger partial charge on any atom is -0.464 e. The van der Waals surface area contributed by atoms with Crippen LogP contribution < -0.4 is 11.3 Å². The van der Waals surface area contributed by atoms with Crippen LogP contribution in [-0.4, -0.2) is 48.3 Å². The number of nitrogens with one attached hydrogen (secondary N) is 1. The molecule has 1 fully saturated rings. The largest absolute Gasteiger partial charge is 0.464 e. The Kier molecular flexibility index (Phi) is 7.64. The fourth-order valence-corrected chi connectivity index (χ4v) is 2.44. The maximum Gasteiger partial charge on any atom is 0.328 e. The van der Waals surface area contributed by atoms with E-state index >= 15 is 0 Å². The molecule has 1 atom stereocenters. The van der Waals surface area contributed by atoms with Gasteiger partial charge in [-0.15, -0.1) is 0 Å². The van der Waals surface area contributed by atoms with E-state index in [1.54, 1.807) is 13.8 Å². The first-order valence-electron chi connectivity index (χ1n) is 8.30. The number of nitrogens with two attached hydrogens (primary N) is 1. The van der Waals surface area contributed by atoms with Gasteiger partial charge in [0.15, 0.2) is 0 Å². The maximum absolute atomic E-state index is 12.5. The van der Waals surface area contributed by atoms with Gasteiger partial charge in [0.1, 0.15) is 6.04 Å². The summed E-state index contributed by atoms with van der Waals surface area (Å²) in [5.74, 6) is 3.72. The number of esters is 1. The summed E-state index contributed by atoms with van der Waals surface area (Å²) in [6.45, 7) is 6.60. The van der Waals surface area contributed by atoms with Crippen LogP contribution in [0.25, 0.3) is 0 Å². The Labute approximate surface area is 137 Å². The Morgan fingerprint density at radius 2 is 2.00 bits per heavy atom. The highest BCUT2D eigenvalue weighted by molar-refractivity contribution is 6.38. The first-order chi connectivity index (χ1) is 10.8. The average Bonchev–Trinajstić information content (AvgIpc) is 2.57. The summed E-state index contributed by atoms with van der Waals surface area (Å²) in [4.78, 5) is 38.6. The van der Waals surface area contributed by atoms with Crippen molar-refractivity contribution in [1.82, 2.24) is 10.3 Å². The number of hydrogen-bond acceptors (Lipinski definition) is 6. The summed E-state index contributed by atoms with van der Waals surface area (Å²) in [6, 6.07) is -0.654.